The molecular weight excluding hydrogens is 447 g/mol. The van der Waals surface area contributed by atoms with Gasteiger partial charge in [-0.1, -0.05) is 0 Å². The second kappa shape index (κ2) is 7.97. The lowest BCUT2D eigenvalue weighted by Crippen LogP contribution is -2.34. The average molecular weight is 458 g/mol. The molecule has 0 aliphatic rings. The fourth-order valence-electron chi connectivity index (χ4n) is 1.75. The number of halogens is 1. The maximum Gasteiger partial charge on any atom is 0.311 e. The third kappa shape index (κ3) is 4.58. The number of carbonyl (C=O) groups is 1. The normalized spacial score (nSPS) is 9.92. The second-order valence-electron chi connectivity index (χ2n) is 4.41. The number of methoxy groups -OCH3 is 1. The van der Waals surface area contributed by atoms with Crippen LogP contribution in [0.1, 0.15) is 10.4 Å². The van der Waals surface area contributed by atoms with Crippen molar-refractivity contribution in [3.63, 3.8) is 0 Å². The van der Waals surface area contributed by atoms with Gasteiger partial charge in [-0.05, 0) is 59.1 Å². The molecule has 0 saturated carbocycles. The van der Waals surface area contributed by atoms with E-state index in [1.54, 1.807) is 12.3 Å². The number of amides is 1. The van der Waals surface area contributed by atoms with Crippen molar-refractivity contribution < 1.29 is 14.5 Å². The van der Waals surface area contributed by atoms with Gasteiger partial charge in [0.15, 0.2) is 10.9 Å². The van der Waals surface area contributed by atoms with E-state index in [1.807, 2.05) is 6.07 Å². The zero-order chi connectivity index (χ0) is 17.7. The molecule has 1 heterocycles. The van der Waals surface area contributed by atoms with Crippen molar-refractivity contribution in [3.8, 4) is 5.75 Å². The fourth-order valence-corrected chi connectivity index (χ4v) is 2.26. The van der Waals surface area contributed by atoms with Crippen LogP contribution in [0.3, 0.4) is 0 Å². The van der Waals surface area contributed by atoms with Crippen LogP contribution in [0.4, 0.5) is 11.5 Å². The molecule has 0 bridgehead atoms. The van der Waals surface area contributed by atoms with Gasteiger partial charge in [0.05, 0.1) is 12.0 Å². The average Bonchev–Trinajstić information content (AvgIpc) is 2.56. The van der Waals surface area contributed by atoms with E-state index in [2.05, 4.69) is 38.2 Å². The molecule has 2 N–H and O–H groups in total. The lowest BCUT2D eigenvalue weighted by molar-refractivity contribution is -0.385. The second-order valence-corrected chi connectivity index (χ2v) is 6.07. The number of ether oxygens (including phenoxy) is 1. The minimum atomic E-state index is -0.623. The summed E-state index contributed by atoms with van der Waals surface area (Å²) in [6.45, 7) is 0. The molecule has 0 saturated heterocycles. The number of carbonyl (C=O) groups excluding carboxylic acids is 1. The molecule has 2 aromatic rings. The predicted molar refractivity (Wildman–Crippen MR) is 100 cm³/mol. The van der Waals surface area contributed by atoms with Crippen LogP contribution < -0.4 is 15.4 Å². The van der Waals surface area contributed by atoms with E-state index in [-0.39, 0.29) is 22.1 Å². The van der Waals surface area contributed by atoms with Crippen LogP contribution in [0.2, 0.25) is 0 Å². The molecule has 0 unspecified atom stereocenters. The van der Waals surface area contributed by atoms with Gasteiger partial charge in [-0.2, -0.15) is 0 Å². The summed E-state index contributed by atoms with van der Waals surface area (Å²) in [5.41, 5.74) is -0.217. The first kappa shape index (κ1) is 18.0. The fraction of sp³-hybridized carbons (Fsp3) is 0.0714. The van der Waals surface area contributed by atoms with Gasteiger partial charge in [-0.3, -0.25) is 20.2 Å². The monoisotopic (exact) mass is 458 g/mol. The van der Waals surface area contributed by atoms with Crippen LogP contribution in [0.25, 0.3) is 0 Å². The number of nitrogens with one attached hydrogen (secondary N) is 2. The van der Waals surface area contributed by atoms with Gasteiger partial charge in [-0.15, -0.1) is 0 Å². The first-order valence-electron chi connectivity index (χ1n) is 6.47. The molecule has 0 radical (unpaired) electrons. The number of anilines is 1. The number of benzene rings is 1. The van der Waals surface area contributed by atoms with E-state index in [4.69, 9.17) is 17.0 Å². The van der Waals surface area contributed by atoms with Crippen LogP contribution in [-0.4, -0.2) is 28.0 Å². The van der Waals surface area contributed by atoms with Gasteiger partial charge in [0.2, 0.25) is 0 Å². The molecule has 1 aromatic heterocycles. The molecule has 0 spiro atoms. The van der Waals surface area contributed by atoms with Crippen LogP contribution in [0.5, 0.6) is 5.75 Å². The highest BCUT2D eigenvalue weighted by atomic mass is 127. The quantitative estimate of drug-likeness (QED) is 0.314. The van der Waals surface area contributed by atoms with Crippen LogP contribution >= 0.6 is 34.8 Å². The topological polar surface area (TPSA) is 106 Å². The highest BCUT2D eigenvalue weighted by Gasteiger charge is 2.18. The highest BCUT2D eigenvalue weighted by molar-refractivity contribution is 14.1. The number of hydrogen-bond donors (Lipinski definition) is 2. The minimum absolute atomic E-state index is 0.0344. The first-order valence-corrected chi connectivity index (χ1v) is 7.95. The number of nitro groups is 1. The lowest BCUT2D eigenvalue weighted by atomic mass is 10.2. The smallest absolute Gasteiger partial charge is 0.311 e. The maximum atomic E-state index is 12.2. The number of rotatable bonds is 4. The summed E-state index contributed by atoms with van der Waals surface area (Å²) < 4.78 is 5.85. The van der Waals surface area contributed by atoms with E-state index < -0.39 is 10.8 Å². The summed E-state index contributed by atoms with van der Waals surface area (Å²) in [6.07, 6.45) is 1.64. The maximum absolute atomic E-state index is 12.2. The summed E-state index contributed by atoms with van der Waals surface area (Å²) in [5, 5.41) is 16.2. The molecule has 1 aromatic carbocycles. The Balaban J connectivity index is 2.08. The van der Waals surface area contributed by atoms with E-state index in [0.717, 1.165) is 9.64 Å². The molecule has 0 aliphatic heterocycles. The van der Waals surface area contributed by atoms with Crippen molar-refractivity contribution in [1.82, 2.24) is 10.3 Å². The molecule has 0 aliphatic carbocycles. The molecule has 10 heteroatoms. The molecule has 1 amide bonds. The number of aromatic nitrogens is 1. The van der Waals surface area contributed by atoms with Crippen LogP contribution in [-0.2, 0) is 0 Å². The number of thiocarbonyl (C=S) groups is 1. The third-order valence-corrected chi connectivity index (χ3v) is 3.68. The summed E-state index contributed by atoms with van der Waals surface area (Å²) in [6, 6.07) is 7.42. The van der Waals surface area contributed by atoms with E-state index in [1.165, 1.54) is 19.2 Å². The molecule has 24 heavy (non-hydrogen) atoms. The Morgan fingerprint density at radius 3 is 2.71 bits per heavy atom. The van der Waals surface area contributed by atoms with Gasteiger partial charge in [0, 0.05) is 21.4 Å². The van der Waals surface area contributed by atoms with E-state index >= 15 is 0 Å². The van der Waals surface area contributed by atoms with E-state index in [9.17, 15) is 14.9 Å². The Morgan fingerprint density at radius 1 is 1.38 bits per heavy atom. The predicted octanol–water partition coefficient (Wildman–Crippen LogP) is 2.73. The van der Waals surface area contributed by atoms with Crippen molar-refractivity contribution in [2.75, 3.05) is 12.4 Å². The molecule has 124 valence electrons. The van der Waals surface area contributed by atoms with Crippen LogP contribution in [0, 0.1) is 13.7 Å². The summed E-state index contributed by atoms with van der Waals surface area (Å²) in [7, 11) is 1.31. The summed E-state index contributed by atoms with van der Waals surface area (Å²) in [5.74, 6) is -0.0365. The molecular formula is C14H11IN4O4S. The Hall–Kier alpha value is -2.34. The SMILES string of the molecule is COc1ccc(C(=O)NC(=S)Nc2ccc(I)cn2)cc1[N+](=O)[O-]. The first-order chi connectivity index (χ1) is 11.4. The minimum Gasteiger partial charge on any atom is -0.490 e. The standard InChI is InChI=1S/C14H11IN4O4S/c1-23-11-4-2-8(6-10(11)19(21)22)13(20)18-14(24)17-12-5-3-9(15)7-16-12/h2-7H,1H3,(H2,16,17,18,20,24). The van der Waals surface area contributed by atoms with Crippen molar-refractivity contribution in [3.05, 3.63) is 55.8 Å². The van der Waals surface area contributed by atoms with Gasteiger partial charge in [0.25, 0.3) is 5.91 Å². The number of hydrogen-bond acceptors (Lipinski definition) is 6. The Kier molecular flexibility index (Phi) is 5.98. The summed E-state index contributed by atoms with van der Waals surface area (Å²) >= 11 is 7.15. The zero-order valence-corrected chi connectivity index (χ0v) is 15.3. The molecule has 0 atom stereocenters. The Labute approximate surface area is 155 Å². The number of nitro benzene ring substituents is 1. The summed E-state index contributed by atoms with van der Waals surface area (Å²) in [4.78, 5) is 26.6. The molecule has 2 rings (SSSR count). The van der Waals surface area contributed by atoms with Crippen molar-refractivity contribution in [2.24, 2.45) is 0 Å². The molecule has 0 fully saturated rings. The largest absolute Gasteiger partial charge is 0.490 e. The van der Waals surface area contributed by atoms with Gasteiger partial charge >= 0.3 is 5.69 Å². The van der Waals surface area contributed by atoms with Crippen molar-refractivity contribution >= 4 is 57.3 Å². The Morgan fingerprint density at radius 2 is 2.12 bits per heavy atom. The van der Waals surface area contributed by atoms with Gasteiger partial charge < -0.3 is 10.1 Å². The van der Waals surface area contributed by atoms with Crippen molar-refractivity contribution in [1.29, 1.82) is 0 Å². The van der Waals surface area contributed by atoms with Crippen molar-refractivity contribution in [2.45, 2.75) is 0 Å². The van der Waals surface area contributed by atoms with Gasteiger partial charge in [-0.25, -0.2) is 4.98 Å². The Bertz CT molecular complexity index is 798. The number of nitrogens with zero attached hydrogens (tertiary/aromatic N) is 2. The van der Waals surface area contributed by atoms with E-state index in [0.29, 0.717) is 5.82 Å². The van der Waals surface area contributed by atoms with Gasteiger partial charge in [0.1, 0.15) is 5.82 Å². The zero-order valence-electron chi connectivity index (χ0n) is 12.3. The third-order valence-electron chi connectivity index (χ3n) is 2.83. The molecule has 8 nitrogen and oxygen atoms in total. The number of pyridine rings is 1. The van der Waals surface area contributed by atoms with Crippen LogP contribution in [0.15, 0.2) is 36.5 Å². The lowest BCUT2D eigenvalue weighted by Gasteiger charge is -2.09. The highest BCUT2D eigenvalue weighted by Crippen LogP contribution is 2.27.